The van der Waals surface area contributed by atoms with Gasteiger partial charge in [-0.15, -0.1) is 0 Å². The summed E-state index contributed by atoms with van der Waals surface area (Å²) >= 11 is 0. The van der Waals surface area contributed by atoms with Gasteiger partial charge in [0.15, 0.2) is 8.96 Å². The topological polar surface area (TPSA) is 32.7 Å². The van der Waals surface area contributed by atoms with Crippen LogP contribution >= 0.6 is 0 Å². The molecule has 76 valence electrons. The van der Waals surface area contributed by atoms with Crippen molar-refractivity contribution in [2.45, 2.75) is 38.8 Å². The Labute approximate surface area is 82.5 Å². The number of nitrogens with zero attached hydrogens (tertiary/aromatic N) is 2. The van der Waals surface area contributed by atoms with Crippen molar-refractivity contribution in [2.24, 2.45) is 5.10 Å². The first-order chi connectivity index (χ1) is 6.18. The predicted octanol–water partition coefficient (Wildman–Crippen LogP) is 1.65. The van der Waals surface area contributed by atoms with Gasteiger partial charge in [-0.3, -0.25) is 0 Å². The third-order valence-electron chi connectivity index (χ3n) is 1.92. The van der Waals surface area contributed by atoms with Gasteiger partial charge in [0.2, 0.25) is 0 Å². The van der Waals surface area contributed by atoms with Crippen molar-refractivity contribution < 1.29 is 4.79 Å². The van der Waals surface area contributed by atoms with Crippen LogP contribution in [0.4, 0.5) is 0 Å². The minimum Gasteiger partial charge on any atom is -0.331 e. The third kappa shape index (κ3) is 7.71. The molecule has 3 nitrogen and oxygen atoms in total. The lowest BCUT2D eigenvalue weighted by Gasteiger charge is -2.15. The van der Waals surface area contributed by atoms with Crippen molar-refractivity contribution in [1.29, 1.82) is 0 Å². The maximum absolute atomic E-state index is 10.00. The first kappa shape index (κ1) is 12.4. The summed E-state index contributed by atoms with van der Waals surface area (Å²) in [6.45, 7) is 4.48. The Kier molecular flexibility index (Phi) is 7.58. The van der Waals surface area contributed by atoms with E-state index < -0.39 is 8.96 Å². The Morgan fingerprint density at radius 1 is 1.31 bits per heavy atom. The van der Waals surface area contributed by atoms with E-state index in [4.69, 9.17) is 0 Å². The van der Waals surface area contributed by atoms with E-state index in [0.717, 1.165) is 25.5 Å². The molecule has 0 heterocycles. The van der Waals surface area contributed by atoms with Crippen molar-refractivity contribution in [3.8, 4) is 0 Å². The first-order valence-corrected chi connectivity index (χ1v) is 7.70. The van der Waals surface area contributed by atoms with Gasteiger partial charge in [-0.25, -0.2) is 0 Å². The highest BCUT2D eigenvalue weighted by atomic mass is 28.3. The molecule has 0 saturated heterocycles. The van der Waals surface area contributed by atoms with Crippen molar-refractivity contribution in [3.05, 3.63) is 0 Å². The maximum atomic E-state index is 10.00. The van der Waals surface area contributed by atoms with Gasteiger partial charge in [-0.05, 0) is 19.3 Å². The molecular weight excluding hydrogens is 180 g/mol. The van der Waals surface area contributed by atoms with Crippen LogP contribution < -0.4 is 0 Å². The minimum absolute atomic E-state index is 0.683. The van der Waals surface area contributed by atoms with E-state index in [9.17, 15) is 4.79 Å². The van der Waals surface area contributed by atoms with E-state index >= 15 is 0 Å². The monoisotopic (exact) mass is 200 g/mol. The highest BCUT2D eigenvalue weighted by molar-refractivity contribution is 6.52. The number of hydrazone groups is 1. The Bertz CT molecular complexity index is 160. The van der Waals surface area contributed by atoms with Crippen LogP contribution in [0.2, 0.25) is 13.1 Å². The fourth-order valence-corrected chi connectivity index (χ4v) is 1.14. The van der Waals surface area contributed by atoms with Crippen molar-refractivity contribution in [2.75, 3.05) is 7.05 Å². The molecule has 0 spiro atoms. The summed E-state index contributed by atoms with van der Waals surface area (Å²) in [4.78, 5) is 10.00. The maximum Gasteiger partial charge on any atom is 0.156 e. The van der Waals surface area contributed by atoms with Crippen LogP contribution in [0.5, 0.6) is 0 Å². The molecule has 0 aliphatic carbocycles. The van der Waals surface area contributed by atoms with Crippen molar-refractivity contribution in [3.63, 3.8) is 0 Å². The van der Waals surface area contributed by atoms with E-state index in [1.54, 1.807) is 0 Å². The molecule has 0 N–H and O–H groups in total. The number of aldehydes is 1. The third-order valence-corrected chi connectivity index (χ3v) is 3.54. The molecule has 0 aliphatic rings. The zero-order valence-electron chi connectivity index (χ0n) is 8.86. The number of unbranched alkanes of at least 4 members (excludes halogenated alkanes) is 3. The van der Waals surface area contributed by atoms with Crippen LogP contribution in [0.1, 0.15) is 25.7 Å². The van der Waals surface area contributed by atoms with Crippen molar-refractivity contribution in [1.82, 2.24) is 4.67 Å². The summed E-state index contributed by atoms with van der Waals surface area (Å²) < 4.78 is 2.07. The molecule has 13 heavy (non-hydrogen) atoms. The standard InChI is InChI=1S/C9H20N2OSi/c1-11(13(2)3)10-8-6-4-5-7-9-12/h8-9,13H,4-7H2,1-3H3. The lowest BCUT2D eigenvalue weighted by molar-refractivity contribution is -0.107. The minimum atomic E-state index is -0.750. The van der Waals surface area contributed by atoms with Gasteiger partial charge >= 0.3 is 0 Å². The molecule has 0 fully saturated rings. The molecule has 0 aliphatic heterocycles. The van der Waals surface area contributed by atoms with Gasteiger partial charge in [-0.2, -0.15) is 5.10 Å². The first-order valence-electron chi connectivity index (χ1n) is 4.87. The normalized spacial score (nSPS) is 11.1. The average molecular weight is 200 g/mol. The number of rotatable bonds is 7. The zero-order valence-corrected chi connectivity index (χ0v) is 10.0. The lowest BCUT2D eigenvalue weighted by atomic mass is 10.2. The molecule has 0 bridgehead atoms. The number of hydrogen-bond donors (Lipinski definition) is 0. The van der Waals surface area contributed by atoms with Gasteiger partial charge < -0.3 is 9.47 Å². The second kappa shape index (κ2) is 7.98. The molecule has 0 aromatic heterocycles. The summed E-state index contributed by atoms with van der Waals surface area (Å²) in [5.74, 6) is 0. The summed E-state index contributed by atoms with van der Waals surface area (Å²) in [7, 11) is 1.28. The second-order valence-corrected chi connectivity index (χ2v) is 6.35. The Morgan fingerprint density at radius 2 is 1.92 bits per heavy atom. The second-order valence-electron chi connectivity index (χ2n) is 3.42. The molecule has 0 amide bonds. The fraction of sp³-hybridized carbons (Fsp3) is 0.778. The van der Waals surface area contributed by atoms with Gasteiger partial charge in [0, 0.05) is 19.7 Å². The largest absolute Gasteiger partial charge is 0.331 e. The summed E-state index contributed by atoms with van der Waals surface area (Å²) in [5.41, 5.74) is 0. The molecule has 0 radical (unpaired) electrons. The smallest absolute Gasteiger partial charge is 0.156 e. The highest BCUT2D eigenvalue weighted by Gasteiger charge is 1.98. The Morgan fingerprint density at radius 3 is 2.46 bits per heavy atom. The lowest BCUT2D eigenvalue weighted by Crippen LogP contribution is -2.24. The molecule has 0 unspecified atom stereocenters. The van der Waals surface area contributed by atoms with Crippen LogP contribution in [0.15, 0.2) is 5.10 Å². The van der Waals surface area contributed by atoms with E-state index in [0.29, 0.717) is 6.42 Å². The molecule has 0 rings (SSSR count). The molecular formula is C9H20N2OSi. The van der Waals surface area contributed by atoms with Crippen LogP contribution in [0, 0.1) is 0 Å². The van der Waals surface area contributed by atoms with Crippen LogP contribution in [-0.2, 0) is 4.79 Å². The van der Waals surface area contributed by atoms with Crippen LogP contribution in [-0.4, -0.2) is 33.2 Å². The van der Waals surface area contributed by atoms with Crippen LogP contribution in [0.3, 0.4) is 0 Å². The molecule has 0 aromatic rings. The van der Waals surface area contributed by atoms with E-state index in [-0.39, 0.29) is 0 Å². The predicted molar refractivity (Wildman–Crippen MR) is 59.7 cm³/mol. The summed E-state index contributed by atoms with van der Waals surface area (Å²) in [6.07, 6.45) is 6.65. The molecule has 0 saturated carbocycles. The fourth-order valence-electron chi connectivity index (χ4n) is 0.783. The highest BCUT2D eigenvalue weighted by Crippen LogP contribution is 1.96. The number of hydrogen-bond acceptors (Lipinski definition) is 3. The summed E-state index contributed by atoms with van der Waals surface area (Å²) in [6, 6.07) is 0. The molecule has 0 aromatic carbocycles. The SMILES string of the molecule is CN(N=CCCCCC=O)[SiH](C)C. The zero-order chi connectivity index (χ0) is 10.1. The van der Waals surface area contributed by atoms with E-state index in [1.807, 2.05) is 13.3 Å². The summed E-state index contributed by atoms with van der Waals surface area (Å²) in [5, 5.41) is 4.30. The number of carbonyl (C=O) groups is 1. The van der Waals surface area contributed by atoms with Crippen LogP contribution in [0.25, 0.3) is 0 Å². The quantitative estimate of drug-likeness (QED) is 0.206. The average Bonchev–Trinajstić information content (AvgIpc) is 2.10. The van der Waals surface area contributed by atoms with Gasteiger partial charge in [0.05, 0.1) is 0 Å². The van der Waals surface area contributed by atoms with Gasteiger partial charge in [-0.1, -0.05) is 13.1 Å². The van der Waals surface area contributed by atoms with Gasteiger partial charge in [0.1, 0.15) is 6.29 Å². The molecule has 4 heteroatoms. The Hall–Kier alpha value is -0.643. The van der Waals surface area contributed by atoms with E-state index in [1.165, 1.54) is 0 Å². The Balaban J connectivity index is 3.35. The van der Waals surface area contributed by atoms with Crippen molar-refractivity contribution >= 4 is 21.5 Å². The molecule has 0 atom stereocenters. The van der Waals surface area contributed by atoms with Gasteiger partial charge in [0.25, 0.3) is 0 Å². The van der Waals surface area contributed by atoms with E-state index in [2.05, 4.69) is 22.9 Å². The number of carbonyl (C=O) groups excluding carboxylic acids is 1.